The molecule has 0 aliphatic carbocycles. The van der Waals surface area contributed by atoms with Crippen molar-refractivity contribution in [2.45, 2.75) is 6.54 Å². The molecule has 24 heavy (non-hydrogen) atoms. The van der Waals surface area contributed by atoms with E-state index in [1.807, 2.05) is 47.4 Å². The molecule has 7 heteroatoms. The van der Waals surface area contributed by atoms with Gasteiger partial charge in [0, 0.05) is 29.5 Å². The van der Waals surface area contributed by atoms with Gasteiger partial charge in [0.2, 0.25) is 0 Å². The van der Waals surface area contributed by atoms with Crippen LogP contribution in [0.25, 0.3) is 22.4 Å². The molecule has 0 radical (unpaired) electrons. The lowest BCUT2D eigenvalue weighted by Gasteiger charge is -2.01. The molecule has 0 saturated carbocycles. The summed E-state index contributed by atoms with van der Waals surface area (Å²) in [4.78, 5) is 12.1. The van der Waals surface area contributed by atoms with Gasteiger partial charge in [-0.2, -0.15) is 0 Å². The molecule has 0 amide bonds. The summed E-state index contributed by atoms with van der Waals surface area (Å²) in [6.07, 6.45) is 5.56. The highest BCUT2D eigenvalue weighted by atomic mass is 35.5. The monoisotopic (exact) mass is 380 g/mol. The average molecular weight is 382 g/mol. The van der Waals surface area contributed by atoms with E-state index in [-0.39, 0.29) is 24.8 Å². The molecule has 0 atom stereocenters. The highest BCUT2D eigenvalue weighted by molar-refractivity contribution is 6.30. The molecule has 2 heterocycles. The predicted molar refractivity (Wildman–Crippen MR) is 102 cm³/mol. The molecule has 4 rings (SSSR count). The molecular formula is C17H15Cl3N4. The Morgan fingerprint density at radius 2 is 1.83 bits per heavy atom. The van der Waals surface area contributed by atoms with Gasteiger partial charge in [0.1, 0.15) is 5.82 Å². The number of nitrogens with zero attached hydrogens (tertiary/aromatic N) is 3. The number of nitrogens with one attached hydrogen (secondary N) is 1. The van der Waals surface area contributed by atoms with Crippen LogP contribution >= 0.6 is 36.4 Å². The largest absolute Gasteiger partial charge is 0.338 e. The first-order valence-electron chi connectivity index (χ1n) is 6.98. The van der Waals surface area contributed by atoms with Crippen LogP contribution in [0.3, 0.4) is 0 Å². The van der Waals surface area contributed by atoms with Gasteiger partial charge in [-0.05, 0) is 42.0 Å². The maximum absolute atomic E-state index is 5.93. The fraction of sp³-hybridized carbons (Fsp3) is 0.0588. The van der Waals surface area contributed by atoms with Crippen molar-refractivity contribution in [1.29, 1.82) is 0 Å². The van der Waals surface area contributed by atoms with Crippen molar-refractivity contribution in [3.63, 3.8) is 0 Å². The maximum atomic E-state index is 5.93. The Kier molecular flexibility index (Phi) is 5.89. The second-order valence-electron chi connectivity index (χ2n) is 5.18. The molecule has 4 nitrogen and oxygen atoms in total. The number of imidazole rings is 2. The summed E-state index contributed by atoms with van der Waals surface area (Å²) in [5, 5.41) is 0.725. The smallest absolute Gasteiger partial charge is 0.138 e. The molecule has 0 spiro atoms. The third-order valence-corrected chi connectivity index (χ3v) is 3.84. The molecule has 0 saturated heterocycles. The van der Waals surface area contributed by atoms with Crippen LogP contribution in [0, 0.1) is 0 Å². The Morgan fingerprint density at radius 3 is 2.54 bits per heavy atom. The lowest BCUT2D eigenvalue weighted by molar-refractivity contribution is 0.798. The number of halogens is 3. The lowest BCUT2D eigenvalue weighted by Crippen LogP contribution is -1.95. The van der Waals surface area contributed by atoms with Crippen molar-refractivity contribution in [3.05, 3.63) is 71.8 Å². The summed E-state index contributed by atoms with van der Waals surface area (Å²) in [7, 11) is 0. The van der Waals surface area contributed by atoms with Crippen LogP contribution in [0.15, 0.2) is 61.2 Å². The highest BCUT2D eigenvalue weighted by Crippen LogP contribution is 2.23. The van der Waals surface area contributed by atoms with E-state index in [0.717, 1.165) is 34.0 Å². The van der Waals surface area contributed by atoms with E-state index in [2.05, 4.69) is 27.1 Å². The number of fused-ring (bicyclic) bond motifs is 1. The molecule has 0 aliphatic rings. The Morgan fingerprint density at radius 1 is 1.04 bits per heavy atom. The van der Waals surface area contributed by atoms with Crippen LogP contribution < -0.4 is 0 Å². The Labute approximate surface area is 156 Å². The maximum Gasteiger partial charge on any atom is 0.138 e. The fourth-order valence-electron chi connectivity index (χ4n) is 2.49. The van der Waals surface area contributed by atoms with Crippen LogP contribution in [0.2, 0.25) is 5.02 Å². The summed E-state index contributed by atoms with van der Waals surface area (Å²) in [5.74, 6) is 0.853. The van der Waals surface area contributed by atoms with Gasteiger partial charge >= 0.3 is 0 Å². The van der Waals surface area contributed by atoms with E-state index in [9.17, 15) is 0 Å². The summed E-state index contributed by atoms with van der Waals surface area (Å²) in [6.45, 7) is 0.797. The van der Waals surface area contributed by atoms with E-state index in [0.29, 0.717) is 0 Å². The molecule has 2 aromatic carbocycles. The van der Waals surface area contributed by atoms with Crippen molar-refractivity contribution < 1.29 is 0 Å². The topological polar surface area (TPSA) is 46.5 Å². The lowest BCUT2D eigenvalue weighted by atomic mass is 10.2. The number of rotatable bonds is 3. The first kappa shape index (κ1) is 18.3. The molecule has 1 N–H and O–H groups in total. The molecule has 0 aliphatic heterocycles. The third kappa shape index (κ3) is 3.73. The van der Waals surface area contributed by atoms with E-state index >= 15 is 0 Å². The second-order valence-corrected chi connectivity index (χ2v) is 5.62. The van der Waals surface area contributed by atoms with Crippen LogP contribution in [0.4, 0.5) is 0 Å². The first-order valence-corrected chi connectivity index (χ1v) is 7.36. The Balaban J connectivity index is 0.00000104. The number of hydrogen-bond acceptors (Lipinski definition) is 2. The SMILES string of the molecule is Cl.Cl.Clc1ccc(-c2nc3ccc(Cn4ccnc4)cc3[nH]2)cc1. The highest BCUT2D eigenvalue weighted by Gasteiger charge is 2.06. The normalized spacial score (nSPS) is 10.2. The molecule has 124 valence electrons. The molecule has 4 aromatic rings. The third-order valence-electron chi connectivity index (χ3n) is 3.59. The van der Waals surface area contributed by atoms with Gasteiger partial charge in [-0.3, -0.25) is 0 Å². The van der Waals surface area contributed by atoms with Gasteiger partial charge in [0.25, 0.3) is 0 Å². The molecule has 2 aromatic heterocycles. The van der Waals surface area contributed by atoms with E-state index < -0.39 is 0 Å². The summed E-state index contributed by atoms with van der Waals surface area (Å²) >= 11 is 5.93. The van der Waals surface area contributed by atoms with Crippen LogP contribution in [0.1, 0.15) is 5.56 Å². The molecule has 0 fully saturated rings. The zero-order chi connectivity index (χ0) is 14.9. The van der Waals surface area contributed by atoms with Crippen LogP contribution in [-0.2, 0) is 6.54 Å². The minimum Gasteiger partial charge on any atom is -0.338 e. The van der Waals surface area contributed by atoms with E-state index in [1.165, 1.54) is 5.56 Å². The number of H-pyrrole nitrogens is 1. The predicted octanol–water partition coefficient (Wildman–Crippen LogP) is 4.97. The number of aromatic nitrogens is 4. The first-order chi connectivity index (χ1) is 10.8. The summed E-state index contributed by atoms with van der Waals surface area (Å²) < 4.78 is 2.04. The summed E-state index contributed by atoms with van der Waals surface area (Å²) in [6, 6.07) is 13.9. The number of benzene rings is 2. The molecular weight excluding hydrogens is 367 g/mol. The van der Waals surface area contributed by atoms with Gasteiger partial charge in [-0.25, -0.2) is 9.97 Å². The zero-order valence-electron chi connectivity index (χ0n) is 12.5. The standard InChI is InChI=1S/C17H13ClN4.2ClH/c18-14-4-2-13(3-5-14)17-20-15-6-1-12(9-16(15)21-17)10-22-8-7-19-11-22;;/h1-9,11H,10H2,(H,20,21);2*1H. The van der Waals surface area contributed by atoms with Gasteiger partial charge in [0.15, 0.2) is 0 Å². The van der Waals surface area contributed by atoms with Gasteiger partial charge < -0.3 is 9.55 Å². The Hall–Kier alpha value is -2.01. The Bertz CT molecular complexity index is 915. The number of hydrogen-bond donors (Lipinski definition) is 1. The minimum atomic E-state index is 0. The minimum absolute atomic E-state index is 0. The van der Waals surface area contributed by atoms with E-state index in [1.54, 1.807) is 6.20 Å². The summed E-state index contributed by atoms with van der Waals surface area (Å²) in [5.41, 5.74) is 4.22. The zero-order valence-corrected chi connectivity index (χ0v) is 14.9. The van der Waals surface area contributed by atoms with Gasteiger partial charge in [0.05, 0.1) is 17.4 Å². The molecule has 0 unspecified atom stereocenters. The van der Waals surface area contributed by atoms with Crippen molar-refractivity contribution in [2.24, 2.45) is 0 Å². The van der Waals surface area contributed by atoms with Crippen molar-refractivity contribution in [1.82, 2.24) is 19.5 Å². The average Bonchev–Trinajstić information content (AvgIpc) is 3.17. The van der Waals surface area contributed by atoms with Crippen LogP contribution in [0.5, 0.6) is 0 Å². The van der Waals surface area contributed by atoms with Gasteiger partial charge in [-0.1, -0.05) is 17.7 Å². The fourth-order valence-corrected chi connectivity index (χ4v) is 2.62. The van der Waals surface area contributed by atoms with Gasteiger partial charge in [-0.15, -0.1) is 24.8 Å². The second kappa shape index (κ2) is 7.71. The quantitative estimate of drug-likeness (QED) is 0.544. The van der Waals surface area contributed by atoms with Crippen molar-refractivity contribution in [3.8, 4) is 11.4 Å². The van der Waals surface area contributed by atoms with Crippen molar-refractivity contribution in [2.75, 3.05) is 0 Å². The van der Waals surface area contributed by atoms with Crippen LogP contribution in [-0.4, -0.2) is 19.5 Å². The van der Waals surface area contributed by atoms with Crippen molar-refractivity contribution >= 4 is 47.4 Å². The molecule has 0 bridgehead atoms. The number of aromatic amines is 1. The van der Waals surface area contributed by atoms with E-state index in [4.69, 9.17) is 11.6 Å².